The van der Waals surface area contributed by atoms with Crippen molar-refractivity contribution in [2.45, 2.75) is 303 Å². The van der Waals surface area contributed by atoms with Gasteiger partial charge in [-0.1, -0.05) is 271 Å². The summed E-state index contributed by atoms with van der Waals surface area (Å²) >= 11 is 0. The molecule has 1 atom stereocenters. The largest absolute Gasteiger partial charge is 0.462 e. The number of rotatable bonds is 58. The molecular weight excluding hydrogens is 961 g/mol. The number of hydrogen-bond donors (Lipinski definition) is 0. The minimum atomic E-state index is -0.794. The first-order valence-corrected chi connectivity index (χ1v) is 32.5. The Morgan fingerprint density at radius 2 is 0.500 bits per heavy atom. The topological polar surface area (TPSA) is 78.9 Å². The van der Waals surface area contributed by atoms with Crippen molar-refractivity contribution >= 4 is 17.9 Å². The molecule has 6 heteroatoms. The van der Waals surface area contributed by atoms with Gasteiger partial charge in [0.15, 0.2) is 6.10 Å². The third-order valence-electron chi connectivity index (χ3n) is 13.7. The van der Waals surface area contributed by atoms with Gasteiger partial charge in [-0.3, -0.25) is 14.4 Å². The van der Waals surface area contributed by atoms with Crippen molar-refractivity contribution in [3.63, 3.8) is 0 Å². The smallest absolute Gasteiger partial charge is 0.306 e. The maximum absolute atomic E-state index is 12.9. The van der Waals surface area contributed by atoms with Crippen molar-refractivity contribution in [3.8, 4) is 0 Å². The van der Waals surface area contributed by atoms with E-state index in [1.807, 2.05) is 0 Å². The average molecular weight is 1080 g/mol. The Balaban J connectivity index is 4.40. The van der Waals surface area contributed by atoms with Gasteiger partial charge in [-0.15, -0.1) is 0 Å². The number of esters is 3. The second-order valence-electron chi connectivity index (χ2n) is 21.3. The van der Waals surface area contributed by atoms with Crippen LogP contribution in [0.4, 0.5) is 0 Å². The molecule has 0 aliphatic rings. The summed E-state index contributed by atoms with van der Waals surface area (Å²) in [4.78, 5) is 38.4. The van der Waals surface area contributed by atoms with E-state index in [0.717, 1.165) is 135 Å². The maximum Gasteiger partial charge on any atom is 0.306 e. The zero-order valence-electron chi connectivity index (χ0n) is 50.9. The summed E-state index contributed by atoms with van der Waals surface area (Å²) in [5.74, 6) is -0.906. The summed E-state index contributed by atoms with van der Waals surface area (Å²) in [5, 5.41) is 0. The van der Waals surface area contributed by atoms with Gasteiger partial charge in [0, 0.05) is 19.3 Å². The van der Waals surface area contributed by atoms with E-state index in [0.29, 0.717) is 19.3 Å². The number of carbonyl (C=O) groups excluding carboxylic acids is 3. The SMILES string of the molecule is CC/C=C\C/C=C\C/C=C\C/C=C\C/C=C\CCCCCCCCCCCC(=O)OCC(COC(=O)CCCCCCCCC/C=C\C/C=C\C/C=C\CC)OC(=O)CCCCCCCCC/C=C\C/C=C\CCCCCC. The van der Waals surface area contributed by atoms with Crippen LogP contribution in [0, 0.1) is 0 Å². The monoisotopic (exact) mass is 1080 g/mol. The van der Waals surface area contributed by atoms with Crippen LogP contribution in [-0.2, 0) is 28.6 Å². The third kappa shape index (κ3) is 62.7. The summed E-state index contributed by atoms with van der Waals surface area (Å²) in [7, 11) is 0. The first-order chi connectivity index (χ1) is 38.5. The Morgan fingerprint density at radius 1 is 0.269 bits per heavy atom. The Labute approximate surface area is 482 Å². The molecule has 0 fully saturated rings. The molecule has 0 spiro atoms. The predicted molar refractivity (Wildman–Crippen MR) is 339 cm³/mol. The van der Waals surface area contributed by atoms with E-state index < -0.39 is 6.10 Å². The van der Waals surface area contributed by atoms with Crippen LogP contribution in [0.1, 0.15) is 297 Å². The van der Waals surface area contributed by atoms with Crippen LogP contribution in [0.2, 0.25) is 0 Å². The Kier molecular flexibility index (Phi) is 61.8. The van der Waals surface area contributed by atoms with Gasteiger partial charge < -0.3 is 14.2 Å². The molecule has 0 N–H and O–H groups in total. The molecule has 0 aliphatic heterocycles. The van der Waals surface area contributed by atoms with Gasteiger partial charge in [-0.05, 0) is 128 Å². The molecule has 0 aromatic rings. The summed E-state index contributed by atoms with van der Waals surface area (Å²) in [6.45, 7) is 6.40. The number of unbranched alkanes of at least 4 members (excludes halogenated alkanes) is 27. The van der Waals surface area contributed by atoms with Crippen molar-refractivity contribution in [2.24, 2.45) is 0 Å². The van der Waals surface area contributed by atoms with Crippen molar-refractivity contribution in [3.05, 3.63) is 122 Å². The van der Waals surface area contributed by atoms with E-state index >= 15 is 0 Å². The second kappa shape index (κ2) is 65.3. The lowest BCUT2D eigenvalue weighted by Crippen LogP contribution is -2.30. The molecule has 6 nitrogen and oxygen atoms in total. The highest BCUT2D eigenvalue weighted by Gasteiger charge is 2.19. The molecule has 0 aromatic carbocycles. The van der Waals surface area contributed by atoms with Gasteiger partial charge in [0.1, 0.15) is 13.2 Å². The Hall–Kier alpha value is -4.19. The molecule has 0 heterocycles. The molecule has 0 radical (unpaired) electrons. The molecule has 0 aromatic heterocycles. The molecule has 0 saturated carbocycles. The standard InChI is InChI=1S/C72H120O6/c1-4-7-10-13-16-19-22-25-28-31-33-34-35-36-37-38-39-42-44-47-50-53-56-59-62-65-71(74)77-68-69(67-76-70(73)64-61-58-55-52-49-46-43-40-30-27-24-21-18-15-12-9-6-3)78-72(75)66-63-60-57-54-51-48-45-41-32-29-26-23-20-17-14-11-8-5-2/h7,9-10,12,16,18-21,23,25,27-30,32-34,36-37,69H,4-6,8,11,13-15,17,22,24,26,31,35,38-68H2,1-3H3/b10-7-,12-9-,19-16-,21-18-,23-20-,28-25-,30-27-,32-29-,34-33-,37-36-. The van der Waals surface area contributed by atoms with Crippen LogP contribution >= 0.6 is 0 Å². The third-order valence-corrected chi connectivity index (χ3v) is 13.7. The quantitative estimate of drug-likeness (QED) is 0.0261. The van der Waals surface area contributed by atoms with Gasteiger partial charge >= 0.3 is 17.9 Å². The van der Waals surface area contributed by atoms with Crippen molar-refractivity contribution in [2.75, 3.05) is 13.2 Å². The fraction of sp³-hybridized carbons (Fsp3) is 0.681. The lowest BCUT2D eigenvalue weighted by molar-refractivity contribution is -0.167. The fourth-order valence-corrected chi connectivity index (χ4v) is 8.87. The summed E-state index contributed by atoms with van der Waals surface area (Å²) in [5.41, 5.74) is 0. The normalized spacial score (nSPS) is 12.9. The molecule has 0 saturated heterocycles. The molecule has 0 bridgehead atoms. The van der Waals surface area contributed by atoms with E-state index in [1.165, 1.54) is 122 Å². The highest BCUT2D eigenvalue weighted by atomic mass is 16.6. The van der Waals surface area contributed by atoms with Gasteiger partial charge in [0.25, 0.3) is 0 Å². The number of allylic oxidation sites excluding steroid dienone is 20. The Bertz CT molecular complexity index is 1620. The van der Waals surface area contributed by atoms with E-state index in [-0.39, 0.29) is 31.1 Å². The van der Waals surface area contributed by atoms with Crippen molar-refractivity contribution in [1.29, 1.82) is 0 Å². The molecular formula is C72H120O6. The minimum Gasteiger partial charge on any atom is -0.462 e. The van der Waals surface area contributed by atoms with Crippen molar-refractivity contribution < 1.29 is 28.6 Å². The van der Waals surface area contributed by atoms with Gasteiger partial charge in [-0.2, -0.15) is 0 Å². The molecule has 0 rings (SSSR count). The van der Waals surface area contributed by atoms with E-state index in [1.54, 1.807) is 0 Å². The number of ether oxygens (including phenoxy) is 3. The summed E-state index contributed by atoms with van der Waals surface area (Å²) in [6, 6.07) is 0. The van der Waals surface area contributed by atoms with Crippen LogP contribution in [-0.4, -0.2) is 37.2 Å². The zero-order valence-corrected chi connectivity index (χ0v) is 50.9. The lowest BCUT2D eigenvalue weighted by Gasteiger charge is -2.18. The van der Waals surface area contributed by atoms with Gasteiger partial charge in [0.05, 0.1) is 0 Å². The van der Waals surface area contributed by atoms with Crippen LogP contribution in [0.25, 0.3) is 0 Å². The molecule has 0 aliphatic carbocycles. The number of carbonyl (C=O) groups is 3. The van der Waals surface area contributed by atoms with Crippen LogP contribution in [0.3, 0.4) is 0 Å². The highest BCUT2D eigenvalue weighted by Crippen LogP contribution is 2.15. The number of hydrogen-bond acceptors (Lipinski definition) is 6. The van der Waals surface area contributed by atoms with Gasteiger partial charge in [0.2, 0.25) is 0 Å². The summed E-state index contributed by atoms with van der Waals surface area (Å²) in [6.07, 6.45) is 90.5. The first kappa shape index (κ1) is 73.8. The predicted octanol–water partition coefficient (Wildman–Crippen LogP) is 22.4. The van der Waals surface area contributed by atoms with Crippen LogP contribution in [0.15, 0.2) is 122 Å². The van der Waals surface area contributed by atoms with Crippen LogP contribution < -0.4 is 0 Å². The first-order valence-electron chi connectivity index (χ1n) is 32.5. The lowest BCUT2D eigenvalue weighted by atomic mass is 10.1. The maximum atomic E-state index is 12.9. The van der Waals surface area contributed by atoms with Crippen LogP contribution in [0.5, 0.6) is 0 Å². The Morgan fingerprint density at radius 3 is 0.782 bits per heavy atom. The zero-order chi connectivity index (χ0) is 56.4. The molecule has 1 unspecified atom stereocenters. The molecule has 0 amide bonds. The fourth-order valence-electron chi connectivity index (χ4n) is 8.87. The average Bonchev–Trinajstić information content (AvgIpc) is 3.44. The van der Waals surface area contributed by atoms with E-state index in [9.17, 15) is 14.4 Å². The molecule has 444 valence electrons. The van der Waals surface area contributed by atoms with Gasteiger partial charge in [-0.25, -0.2) is 0 Å². The highest BCUT2D eigenvalue weighted by molar-refractivity contribution is 5.71. The minimum absolute atomic E-state index is 0.0896. The van der Waals surface area contributed by atoms with E-state index in [2.05, 4.69) is 142 Å². The van der Waals surface area contributed by atoms with E-state index in [4.69, 9.17) is 14.2 Å². The van der Waals surface area contributed by atoms with Crippen molar-refractivity contribution in [1.82, 2.24) is 0 Å². The second-order valence-corrected chi connectivity index (χ2v) is 21.3. The summed E-state index contributed by atoms with van der Waals surface area (Å²) < 4.78 is 16.9. The molecule has 78 heavy (non-hydrogen) atoms.